The zero-order valence-corrected chi connectivity index (χ0v) is 14.3. The summed E-state index contributed by atoms with van der Waals surface area (Å²) in [4.78, 5) is 24.1. The summed E-state index contributed by atoms with van der Waals surface area (Å²) < 4.78 is 11.1. The summed E-state index contributed by atoms with van der Waals surface area (Å²) in [7, 11) is 0. The number of rotatable bonds is 8. The minimum absolute atomic E-state index is 0.0351. The lowest BCUT2D eigenvalue weighted by atomic mass is 9.86. The number of hydrogen-bond acceptors (Lipinski definition) is 4. The van der Waals surface area contributed by atoms with Crippen molar-refractivity contribution in [1.82, 2.24) is 5.32 Å². The van der Waals surface area contributed by atoms with Gasteiger partial charge in [0, 0.05) is 19.8 Å². The third-order valence-corrected chi connectivity index (χ3v) is 4.94. The summed E-state index contributed by atoms with van der Waals surface area (Å²) in [5, 5.41) is 12.3. The standard InChI is InChI=1S/C19H25NO5/c21-18(15-3-1-2-4-17(15)25-12-13-5-6-13)20-11-16(19(22)23)14-7-9-24-10-8-14/h1-4,13-14,16H,5-12H2,(H,20,21)(H,22,23). The Bertz CT molecular complexity index is 608. The highest BCUT2D eigenvalue weighted by atomic mass is 16.5. The van der Waals surface area contributed by atoms with E-state index in [0.717, 1.165) is 0 Å². The maximum absolute atomic E-state index is 12.5. The fraction of sp³-hybridized carbons (Fsp3) is 0.579. The summed E-state index contributed by atoms with van der Waals surface area (Å²) in [6.45, 7) is 1.92. The summed E-state index contributed by atoms with van der Waals surface area (Å²) in [6, 6.07) is 7.11. The zero-order chi connectivity index (χ0) is 17.6. The van der Waals surface area contributed by atoms with E-state index < -0.39 is 11.9 Å². The van der Waals surface area contributed by atoms with Crippen LogP contribution in [-0.4, -0.2) is 43.3 Å². The first-order valence-electron chi connectivity index (χ1n) is 8.95. The van der Waals surface area contributed by atoms with Crippen LogP contribution in [-0.2, 0) is 9.53 Å². The molecule has 0 radical (unpaired) electrons. The Balaban J connectivity index is 1.59. The van der Waals surface area contributed by atoms with Crippen molar-refractivity contribution in [2.45, 2.75) is 25.7 Å². The van der Waals surface area contributed by atoms with Crippen molar-refractivity contribution < 1.29 is 24.2 Å². The predicted molar refractivity (Wildman–Crippen MR) is 91.7 cm³/mol. The van der Waals surface area contributed by atoms with Crippen molar-refractivity contribution in [2.75, 3.05) is 26.4 Å². The summed E-state index contributed by atoms with van der Waals surface area (Å²) >= 11 is 0. The number of benzene rings is 1. The Hall–Kier alpha value is -2.08. The topological polar surface area (TPSA) is 84.9 Å². The van der Waals surface area contributed by atoms with Gasteiger partial charge in [-0.1, -0.05) is 12.1 Å². The van der Waals surface area contributed by atoms with Crippen LogP contribution in [0.15, 0.2) is 24.3 Å². The van der Waals surface area contributed by atoms with Crippen LogP contribution in [0.3, 0.4) is 0 Å². The van der Waals surface area contributed by atoms with Crippen LogP contribution in [0.2, 0.25) is 0 Å². The number of hydrogen-bond donors (Lipinski definition) is 2. The number of nitrogens with one attached hydrogen (secondary N) is 1. The minimum atomic E-state index is -0.870. The number of carboxylic acid groups (broad SMARTS) is 1. The summed E-state index contributed by atoms with van der Waals surface area (Å²) in [5.74, 6) is -0.554. The maximum Gasteiger partial charge on any atom is 0.308 e. The molecule has 1 aliphatic heterocycles. The van der Waals surface area contributed by atoms with Gasteiger partial charge in [0.2, 0.25) is 0 Å². The smallest absolute Gasteiger partial charge is 0.308 e. The van der Waals surface area contributed by atoms with Crippen molar-refractivity contribution in [1.29, 1.82) is 0 Å². The molecule has 0 aromatic heterocycles. The van der Waals surface area contributed by atoms with Gasteiger partial charge in [0.25, 0.3) is 5.91 Å². The van der Waals surface area contributed by atoms with Crippen LogP contribution in [0, 0.1) is 17.8 Å². The minimum Gasteiger partial charge on any atom is -0.492 e. The highest BCUT2D eigenvalue weighted by molar-refractivity contribution is 5.97. The predicted octanol–water partition coefficient (Wildman–Crippen LogP) is 2.33. The molecule has 1 amide bonds. The first-order chi connectivity index (χ1) is 12.1. The maximum atomic E-state index is 12.5. The van der Waals surface area contributed by atoms with Crippen LogP contribution in [0.25, 0.3) is 0 Å². The van der Waals surface area contributed by atoms with E-state index in [-0.39, 0.29) is 18.4 Å². The Morgan fingerprint density at radius 2 is 1.92 bits per heavy atom. The lowest BCUT2D eigenvalue weighted by Gasteiger charge is -2.27. The number of carbonyl (C=O) groups is 2. The van der Waals surface area contributed by atoms with Crippen LogP contribution in [0.4, 0.5) is 0 Å². The molecule has 1 unspecified atom stereocenters. The molecule has 2 fully saturated rings. The second kappa shape index (κ2) is 8.34. The first-order valence-corrected chi connectivity index (χ1v) is 8.95. The summed E-state index contributed by atoms with van der Waals surface area (Å²) in [6.07, 6.45) is 3.79. The van der Waals surface area contributed by atoms with Gasteiger partial charge in [-0.2, -0.15) is 0 Å². The second-order valence-corrected chi connectivity index (χ2v) is 6.86. The molecule has 0 bridgehead atoms. The third kappa shape index (κ3) is 4.95. The molecular weight excluding hydrogens is 322 g/mol. The average Bonchev–Trinajstić information content (AvgIpc) is 3.45. The third-order valence-electron chi connectivity index (χ3n) is 4.94. The van der Waals surface area contributed by atoms with Gasteiger partial charge in [-0.3, -0.25) is 9.59 Å². The fourth-order valence-electron chi connectivity index (χ4n) is 3.14. The van der Waals surface area contributed by atoms with Crippen LogP contribution < -0.4 is 10.1 Å². The molecule has 1 saturated carbocycles. The van der Waals surface area contributed by atoms with Crippen LogP contribution in [0.5, 0.6) is 5.75 Å². The number of aliphatic carboxylic acids is 1. The second-order valence-electron chi connectivity index (χ2n) is 6.86. The van der Waals surface area contributed by atoms with Gasteiger partial charge in [-0.05, 0) is 49.7 Å². The lowest BCUT2D eigenvalue weighted by Crippen LogP contribution is -2.39. The highest BCUT2D eigenvalue weighted by Gasteiger charge is 2.30. The van der Waals surface area contributed by atoms with Crippen molar-refractivity contribution in [3.8, 4) is 5.75 Å². The van der Waals surface area contributed by atoms with Crippen molar-refractivity contribution in [3.63, 3.8) is 0 Å². The van der Waals surface area contributed by atoms with E-state index in [1.807, 2.05) is 6.07 Å². The van der Waals surface area contributed by atoms with Gasteiger partial charge in [0.05, 0.1) is 18.1 Å². The number of carboxylic acids is 1. The average molecular weight is 347 g/mol. The lowest BCUT2D eigenvalue weighted by molar-refractivity contribution is -0.144. The summed E-state index contributed by atoms with van der Waals surface area (Å²) in [5.41, 5.74) is 0.458. The van der Waals surface area contributed by atoms with E-state index in [1.54, 1.807) is 18.2 Å². The zero-order valence-electron chi connectivity index (χ0n) is 14.3. The Labute approximate surface area is 147 Å². The van der Waals surface area contributed by atoms with Crippen LogP contribution in [0.1, 0.15) is 36.0 Å². The molecule has 1 aromatic rings. The van der Waals surface area contributed by atoms with E-state index in [0.29, 0.717) is 49.9 Å². The molecule has 1 saturated heterocycles. The molecule has 2 N–H and O–H groups in total. The molecule has 1 aliphatic carbocycles. The molecule has 1 heterocycles. The first kappa shape index (κ1) is 17.7. The fourth-order valence-corrected chi connectivity index (χ4v) is 3.14. The molecule has 1 atom stereocenters. The van der Waals surface area contributed by atoms with E-state index >= 15 is 0 Å². The van der Waals surface area contributed by atoms with E-state index in [1.165, 1.54) is 12.8 Å². The Morgan fingerprint density at radius 1 is 1.20 bits per heavy atom. The molecule has 136 valence electrons. The molecule has 0 spiro atoms. The molecule has 6 nitrogen and oxygen atoms in total. The number of carbonyl (C=O) groups excluding carboxylic acids is 1. The molecule has 1 aromatic carbocycles. The molecule has 6 heteroatoms. The largest absolute Gasteiger partial charge is 0.492 e. The quantitative estimate of drug-likeness (QED) is 0.754. The van der Waals surface area contributed by atoms with E-state index in [2.05, 4.69) is 5.32 Å². The number of amides is 1. The molecule has 25 heavy (non-hydrogen) atoms. The Morgan fingerprint density at radius 3 is 2.60 bits per heavy atom. The van der Waals surface area contributed by atoms with Crippen molar-refractivity contribution in [3.05, 3.63) is 29.8 Å². The van der Waals surface area contributed by atoms with Gasteiger partial charge in [-0.15, -0.1) is 0 Å². The van der Waals surface area contributed by atoms with Gasteiger partial charge < -0.3 is 19.9 Å². The normalized spacial score (nSPS) is 19.2. The number of para-hydroxylation sites is 1. The van der Waals surface area contributed by atoms with Crippen molar-refractivity contribution >= 4 is 11.9 Å². The number of ether oxygens (including phenoxy) is 2. The van der Waals surface area contributed by atoms with Gasteiger partial charge in [0.1, 0.15) is 5.75 Å². The van der Waals surface area contributed by atoms with Gasteiger partial charge >= 0.3 is 5.97 Å². The molecule has 2 aliphatic rings. The Kier molecular flexibility index (Phi) is 5.91. The van der Waals surface area contributed by atoms with Gasteiger partial charge in [-0.25, -0.2) is 0 Å². The monoisotopic (exact) mass is 347 g/mol. The highest BCUT2D eigenvalue weighted by Crippen LogP contribution is 2.30. The molecule has 3 rings (SSSR count). The van der Waals surface area contributed by atoms with Crippen molar-refractivity contribution in [2.24, 2.45) is 17.8 Å². The van der Waals surface area contributed by atoms with Crippen LogP contribution >= 0.6 is 0 Å². The van der Waals surface area contributed by atoms with Gasteiger partial charge in [0.15, 0.2) is 0 Å². The van der Waals surface area contributed by atoms with E-state index in [9.17, 15) is 14.7 Å². The van der Waals surface area contributed by atoms with E-state index in [4.69, 9.17) is 9.47 Å². The SMILES string of the molecule is O=C(NCC(C(=O)O)C1CCOCC1)c1ccccc1OCC1CC1. The molecular formula is C19H25NO5.